The van der Waals surface area contributed by atoms with Gasteiger partial charge in [-0.25, -0.2) is 0 Å². The van der Waals surface area contributed by atoms with Gasteiger partial charge in [0.15, 0.2) is 0 Å². The van der Waals surface area contributed by atoms with Crippen molar-refractivity contribution in [1.29, 1.82) is 0 Å². The fraction of sp³-hybridized carbons (Fsp3) is 0.667. The molecule has 0 aromatic carbocycles. The number of hydrogen-bond acceptors (Lipinski definition) is 2. The molecule has 4 nitrogen and oxygen atoms in total. The predicted molar refractivity (Wildman–Crippen MR) is 62.3 cm³/mol. The van der Waals surface area contributed by atoms with E-state index in [1.807, 2.05) is 45.2 Å². The van der Waals surface area contributed by atoms with Crippen LogP contribution < -0.4 is 0 Å². The van der Waals surface area contributed by atoms with E-state index in [9.17, 15) is 9.59 Å². The Bertz CT molecular complexity index is 127. The van der Waals surface area contributed by atoms with Crippen LogP contribution in [0.3, 0.4) is 0 Å². The second kappa shape index (κ2) is 15.5. The van der Waals surface area contributed by atoms with Gasteiger partial charge in [-0.3, -0.25) is 9.59 Å². The third-order valence-electron chi connectivity index (χ3n) is 0.617. The Balaban J connectivity index is -0.000000143. The molecule has 0 bridgehead atoms. The number of alkyl halides is 2. The maximum Gasteiger partial charge on any atom is 0.304 e. The Labute approximate surface area is 117 Å². The van der Waals surface area contributed by atoms with Crippen LogP contribution in [0, 0.1) is 0 Å². The maximum atomic E-state index is 9.59. The Morgan fingerprint density at radius 3 is 1.15 bits per heavy atom. The topological polar surface area (TPSA) is 74.6 Å². The van der Waals surface area contributed by atoms with Gasteiger partial charge in [-0.15, -0.1) is 0 Å². The van der Waals surface area contributed by atoms with E-state index in [4.69, 9.17) is 10.2 Å². The number of carboxylic acids is 2. The number of aliphatic carboxylic acids is 2. The quantitative estimate of drug-likeness (QED) is 0.377. The summed E-state index contributed by atoms with van der Waals surface area (Å²) in [6.45, 7) is 0. The van der Waals surface area contributed by atoms with E-state index in [0.717, 1.165) is 0 Å². The van der Waals surface area contributed by atoms with E-state index in [1.165, 1.54) is 0 Å². The Kier molecular flexibility index (Phi) is 23.3. The van der Waals surface area contributed by atoms with Gasteiger partial charge in [0.1, 0.15) is 0 Å². The standard InChI is InChI=1S/2C3H5IO2.Zn/c2*4-2-1-3(5)6;/h2*1-2H2,(H,5,6);. The van der Waals surface area contributed by atoms with Gasteiger partial charge in [0.05, 0.1) is 12.8 Å². The number of hydrogen-bond donors (Lipinski definition) is 2. The van der Waals surface area contributed by atoms with Crippen molar-refractivity contribution in [2.75, 3.05) is 8.86 Å². The van der Waals surface area contributed by atoms with E-state index < -0.39 is 11.9 Å². The van der Waals surface area contributed by atoms with Crippen molar-refractivity contribution in [3.63, 3.8) is 0 Å². The molecule has 0 aliphatic heterocycles. The smallest absolute Gasteiger partial charge is 0.304 e. The van der Waals surface area contributed by atoms with E-state index >= 15 is 0 Å². The van der Waals surface area contributed by atoms with Crippen LogP contribution in [-0.2, 0) is 29.1 Å². The molecule has 0 aliphatic carbocycles. The molecule has 0 saturated carbocycles. The zero-order valence-corrected chi connectivity index (χ0v) is 14.3. The van der Waals surface area contributed by atoms with Crippen LogP contribution in [0.4, 0.5) is 0 Å². The Morgan fingerprint density at radius 2 is 1.15 bits per heavy atom. The summed E-state index contributed by atoms with van der Waals surface area (Å²) in [6.07, 6.45) is 0.557. The fourth-order valence-corrected chi connectivity index (χ4v) is 1.08. The van der Waals surface area contributed by atoms with Gasteiger partial charge in [-0.05, 0) is 0 Å². The van der Waals surface area contributed by atoms with Crippen molar-refractivity contribution in [1.82, 2.24) is 0 Å². The summed E-state index contributed by atoms with van der Waals surface area (Å²) in [7, 11) is 0. The van der Waals surface area contributed by atoms with Crippen molar-refractivity contribution in [2.45, 2.75) is 12.8 Å². The van der Waals surface area contributed by atoms with Gasteiger partial charge in [0.25, 0.3) is 0 Å². The molecule has 0 rings (SSSR count). The number of carboxylic acid groups (broad SMARTS) is 2. The molecule has 0 spiro atoms. The monoisotopic (exact) mass is 464 g/mol. The minimum Gasteiger partial charge on any atom is -0.481 e. The minimum absolute atomic E-state index is 0. The number of rotatable bonds is 4. The summed E-state index contributed by atoms with van der Waals surface area (Å²) in [4.78, 5) is 19.2. The first-order valence-corrected chi connectivity index (χ1v) is 6.15. The zero-order chi connectivity index (χ0) is 9.98. The summed E-state index contributed by atoms with van der Waals surface area (Å²) in [5.74, 6) is -1.44. The number of carbonyl (C=O) groups is 2. The molecule has 0 amide bonds. The number of halogens is 2. The zero-order valence-electron chi connectivity index (χ0n) is 7.00. The molecular weight excluding hydrogens is 455 g/mol. The normalized spacial score (nSPS) is 7.54. The van der Waals surface area contributed by atoms with Gasteiger partial charge in [-0.1, -0.05) is 45.2 Å². The van der Waals surface area contributed by atoms with Crippen molar-refractivity contribution >= 4 is 57.1 Å². The van der Waals surface area contributed by atoms with Crippen molar-refractivity contribution in [2.24, 2.45) is 0 Å². The molecular formula is C6H10I2O4Zn. The average Bonchev–Trinajstić information content (AvgIpc) is 1.87. The summed E-state index contributed by atoms with van der Waals surface area (Å²) < 4.78 is 1.40. The molecule has 0 radical (unpaired) electrons. The largest absolute Gasteiger partial charge is 0.481 e. The van der Waals surface area contributed by atoms with E-state index in [1.54, 1.807) is 0 Å². The molecule has 0 unspecified atom stereocenters. The van der Waals surface area contributed by atoms with Crippen LogP contribution >= 0.6 is 45.2 Å². The minimum atomic E-state index is -0.718. The predicted octanol–water partition coefficient (Wildman–Crippen LogP) is 1.79. The summed E-state index contributed by atoms with van der Waals surface area (Å²) in [6, 6.07) is 0. The van der Waals surface area contributed by atoms with Crippen LogP contribution in [0.1, 0.15) is 12.8 Å². The summed E-state index contributed by atoms with van der Waals surface area (Å²) >= 11 is 4.04. The Morgan fingerprint density at radius 1 is 0.923 bits per heavy atom. The molecule has 0 aromatic heterocycles. The van der Waals surface area contributed by atoms with Gasteiger partial charge in [0.2, 0.25) is 0 Å². The van der Waals surface area contributed by atoms with Crippen LogP contribution in [0.25, 0.3) is 0 Å². The molecule has 0 fully saturated rings. The second-order valence-electron chi connectivity index (χ2n) is 1.67. The van der Waals surface area contributed by atoms with Crippen molar-refractivity contribution in [3.8, 4) is 0 Å². The van der Waals surface area contributed by atoms with Gasteiger partial charge < -0.3 is 10.2 Å². The third kappa shape index (κ3) is 32.1. The van der Waals surface area contributed by atoms with Gasteiger partial charge >= 0.3 is 11.9 Å². The van der Waals surface area contributed by atoms with Gasteiger partial charge in [0, 0.05) is 28.3 Å². The van der Waals surface area contributed by atoms with Crippen LogP contribution in [0.15, 0.2) is 0 Å². The summed E-state index contributed by atoms with van der Waals surface area (Å²) in [5, 5.41) is 15.8. The van der Waals surface area contributed by atoms with Crippen LogP contribution in [-0.4, -0.2) is 31.0 Å². The Hall–Kier alpha value is 1.02. The first kappa shape index (κ1) is 19.6. The van der Waals surface area contributed by atoms with E-state index in [-0.39, 0.29) is 32.3 Å². The van der Waals surface area contributed by atoms with E-state index in [0.29, 0.717) is 8.86 Å². The third-order valence-corrected chi connectivity index (χ3v) is 1.70. The molecule has 0 atom stereocenters. The fourth-order valence-electron chi connectivity index (χ4n) is 0.162. The van der Waals surface area contributed by atoms with Crippen LogP contribution in [0.2, 0.25) is 0 Å². The molecule has 13 heavy (non-hydrogen) atoms. The molecule has 2 N–H and O–H groups in total. The molecule has 0 saturated heterocycles. The molecule has 74 valence electrons. The molecule has 7 heteroatoms. The van der Waals surface area contributed by atoms with Gasteiger partial charge in [-0.2, -0.15) is 0 Å². The first-order valence-electron chi connectivity index (χ1n) is 3.10. The summed E-state index contributed by atoms with van der Waals surface area (Å²) in [5.41, 5.74) is 0. The van der Waals surface area contributed by atoms with E-state index in [2.05, 4.69) is 0 Å². The molecule has 0 heterocycles. The molecule has 0 aliphatic rings. The first-order chi connectivity index (χ1) is 5.54. The average molecular weight is 465 g/mol. The molecule has 0 aromatic rings. The van der Waals surface area contributed by atoms with Crippen LogP contribution in [0.5, 0.6) is 0 Å². The van der Waals surface area contributed by atoms with Crippen molar-refractivity contribution in [3.05, 3.63) is 0 Å². The SMILES string of the molecule is O=C(O)CCI.O=C(O)CCI.[Zn]. The maximum absolute atomic E-state index is 9.59. The second-order valence-corrected chi connectivity index (χ2v) is 3.82. The van der Waals surface area contributed by atoms with Crippen molar-refractivity contribution < 1.29 is 39.3 Å².